The van der Waals surface area contributed by atoms with Crippen LogP contribution in [0.3, 0.4) is 0 Å². The van der Waals surface area contributed by atoms with Gasteiger partial charge in [0.15, 0.2) is 0 Å². The fourth-order valence-corrected chi connectivity index (χ4v) is 2.53. The van der Waals surface area contributed by atoms with Crippen molar-refractivity contribution in [3.63, 3.8) is 0 Å². The van der Waals surface area contributed by atoms with Gasteiger partial charge < -0.3 is 10.6 Å². The Hall–Kier alpha value is -1.83. The van der Waals surface area contributed by atoms with Gasteiger partial charge in [-0.1, -0.05) is 6.07 Å². The second kappa shape index (κ2) is 6.56. The van der Waals surface area contributed by atoms with E-state index in [0.717, 1.165) is 42.5 Å². The molecule has 0 aliphatic carbocycles. The number of rotatable bonds is 2. The number of halogens is 1. The molecule has 1 fully saturated rings. The number of benzene rings is 1. The Morgan fingerprint density at radius 2 is 2.00 bits per heavy atom. The van der Waals surface area contributed by atoms with Gasteiger partial charge in [0.2, 0.25) is 0 Å². The first kappa shape index (κ1) is 14.6. The Morgan fingerprint density at radius 3 is 2.75 bits per heavy atom. The van der Waals surface area contributed by atoms with Crippen LogP contribution in [0.5, 0.6) is 0 Å². The fraction of sp³-hybridized carbons (Fsp3) is 0.333. The molecule has 0 bridgehead atoms. The Kier molecular flexibility index (Phi) is 4.78. The van der Waals surface area contributed by atoms with E-state index in [4.69, 9.17) is 5.26 Å². The molecule has 0 spiro atoms. The lowest BCUT2D eigenvalue weighted by Gasteiger charge is -2.25. The Morgan fingerprint density at radius 1 is 1.20 bits per heavy atom. The minimum absolute atomic E-state index is 0. The lowest BCUT2D eigenvalue weighted by molar-refractivity contribution is 0.479. The van der Waals surface area contributed by atoms with E-state index in [0.29, 0.717) is 11.7 Å². The highest BCUT2D eigenvalue weighted by Gasteiger charge is 2.13. The average molecular weight is 289 g/mol. The van der Waals surface area contributed by atoms with Gasteiger partial charge in [-0.25, -0.2) is 4.98 Å². The van der Waals surface area contributed by atoms with Crippen molar-refractivity contribution in [3.8, 4) is 6.07 Å². The van der Waals surface area contributed by atoms with E-state index in [1.807, 2.05) is 18.2 Å². The number of hydrogen-bond acceptors (Lipinski definition) is 4. The van der Waals surface area contributed by atoms with Crippen LogP contribution >= 0.6 is 12.4 Å². The highest BCUT2D eigenvalue weighted by atomic mass is 35.5. The zero-order chi connectivity index (χ0) is 13.1. The first-order chi connectivity index (χ1) is 9.36. The zero-order valence-corrected chi connectivity index (χ0v) is 11.9. The summed E-state index contributed by atoms with van der Waals surface area (Å²) in [6.07, 6.45) is 2.28. The summed E-state index contributed by atoms with van der Waals surface area (Å²) < 4.78 is 0. The number of pyridine rings is 1. The third kappa shape index (κ3) is 3.01. The van der Waals surface area contributed by atoms with E-state index in [1.165, 1.54) is 0 Å². The van der Waals surface area contributed by atoms with Crippen molar-refractivity contribution in [2.24, 2.45) is 0 Å². The van der Waals surface area contributed by atoms with Gasteiger partial charge in [-0.15, -0.1) is 12.4 Å². The molecule has 0 amide bonds. The molecule has 0 saturated carbocycles. The number of nitriles is 1. The van der Waals surface area contributed by atoms with E-state index < -0.39 is 0 Å². The predicted octanol–water partition coefficient (Wildman–Crippen LogP) is 2.69. The second-order valence-electron chi connectivity index (χ2n) is 4.85. The van der Waals surface area contributed by atoms with Crippen LogP contribution in [0.15, 0.2) is 30.3 Å². The second-order valence-corrected chi connectivity index (χ2v) is 4.85. The SMILES string of the molecule is Cl.N#Cc1ccc2c(NC3CCNCC3)cccc2n1. The molecule has 0 unspecified atom stereocenters. The molecular weight excluding hydrogens is 272 g/mol. The van der Waals surface area contributed by atoms with Gasteiger partial charge in [0.05, 0.1) is 5.52 Å². The van der Waals surface area contributed by atoms with Crippen LogP contribution in [-0.2, 0) is 0 Å². The molecule has 1 aliphatic heterocycles. The average Bonchev–Trinajstić information content (AvgIpc) is 2.48. The molecule has 104 valence electrons. The first-order valence-corrected chi connectivity index (χ1v) is 6.64. The number of piperidine rings is 1. The van der Waals surface area contributed by atoms with Gasteiger partial charge in [-0.05, 0) is 50.2 Å². The summed E-state index contributed by atoms with van der Waals surface area (Å²) in [4.78, 5) is 4.33. The molecule has 2 heterocycles. The number of aromatic nitrogens is 1. The van der Waals surface area contributed by atoms with E-state index in [2.05, 4.69) is 27.8 Å². The molecule has 4 nitrogen and oxygen atoms in total. The number of hydrogen-bond donors (Lipinski definition) is 2. The van der Waals surface area contributed by atoms with E-state index >= 15 is 0 Å². The quantitative estimate of drug-likeness (QED) is 0.892. The van der Waals surface area contributed by atoms with Crippen molar-refractivity contribution in [2.75, 3.05) is 18.4 Å². The molecule has 1 aliphatic rings. The van der Waals surface area contributed by atoms with Crippen molar-refractivity contribution in [1.29, 1.82) is 5.26 Å². The van der Waals surface area contributed by atoms with Crippen LogP contribution in [0.1, 0.15) is 18.5 Å². The molecule has 1 aromatic heterocycles. The summed E-state index contributed by atoms with van der Waals surface area (Å²) in [7, 11) is 0. The van der Waals surface area contributed by atoms with E-state index in [9.17, 15) is 0 Å². The van der Waals surface area contributed by atoms with Crippen molar-refractivity contribution in [3.05, 3.63) is 36.0 Å². The molecule has 2 N–H and O–H groups in total. The number of fused-ring (bicyclic) bond motifs is 1. The van der Waals surface area contributed by atoms with Crippen LogP contribution in [0.25, 0.3) is 10.9 Å². The lowest BCUT2D eigenvalue weighted by atomic mass is 10.1. The highest BCUT2D eigenvalue weighted by molar-refractivity contribution is 5.91. The minimum atomic E-state index is 0. The summed E-state index contributed by atoms with van der Waals surface area (Å²) in [6.45, 7) is 2.14. The Labute approximate surface area is 124 Å². The van der Waals surface area contributed by atoms with Crippen LogP contribution in [0.4, 0.5) is 5.69 Å². The Balaban J connectivity index is 0.00000147. The molecular formula is C15H17ClN4. The van der Waals surface area contributed by atoms with E-state index in [1.54, 1.807) is 6.07 Å². The van der Waals surface area contributed by atoms with E-state index in [-0.39, 0.29) is 12.4 Å². The molecule has 3 rings (SSSR count). The molecule has 1 aromatic carbocycles. The largest absolute Gasteiger partial charge is 0.382 e. The third-order valence-corrected chi connectivity index (χ3v) is 3.55. The summed E-state index contributed by atoms with van der Waals surface area (Å²) in [6, 6.07) is 12.4. The van der Waals surface area contributed by atoms with Gasteiger partial charge in [-0.3, -0.25) is 0 Å². The monoisotopic (exact) mass is 288 g/mol. The van der Waals surface area contributed by atoms with Gasteiger partial charge in [0.1, 0.15) is 11.8 Å². The maximum Gasteiger partial charge on any atom is 0.141 e. The van der Waals surface area contributed by atoms with Gasteiger partial charge in [-0.2, -0.15) is 5.26 Å². The van der Waals surface area contributed by atoms with Crippen molar-refractivity contribution in [1.82, 2.24) is 10.3 Å². The topological polar surface area (TPSA) is 60.7 Å². The molecule has 1 saturated heterocycles. The normalized spacial score (nSPS) is 15.3. The van der Waals surface area contributed by atoms with Gasteiger partial charge >= 0.3 is 0 Å². The van der Waals surface area contributed by atoms with Gasteiger partial charge in [0, 0.05) is 17.1 Å². The standard InChI is InChI=1S/C15H16N4.ClH/c16-10-12-4-5-13-14(2-1-3-15(13)19-12)18-11-6-8-17-9-7-11;/h1-5,11,17-18H,6-9H2;1H. The number of nitrogens with one attached hydrogen (secondary N) is 2. The van der Waals surface area contributed by atoms with Crippen molar-refractivity contribution < 1.29 is 0 Å². The summed E-state index contributed by atoms with van der Waals surface area (Å²) in [5, 5.41) is 16.9. The maximum absolute atomic E-state index is 8.89. The summed E-state index contributed by atoms with van der Waals surface area (Å²) >= 11 is 0. The molecule has 5 heteroatoms. The molecule has 0 atom stereocenters. The lowest BCUT2D eigenvalue weighted by Crippen LogP contribution is -2.35. The molecule has 0 radical (unpaired) electrons. The smallest absolute Gasteiger partial charge is 0.141 e. The highest BCUT2D eigenvalue weighted by Crippen LogP contribution is 2.24. The number of anilines is 1. The summed E-state index contributed by atoms with van der Waals surface area (Å²) in [5.74, 6) is 0. The zero-order valence-electron chi connectivity index (χ0n) is 11.1. The van der Waals surface area contributed by atoms with Crippen molar-refractivity contribution >= 4 is 29.0 Å². The summed E-state index contributed by atoms with van der Waals surface area (Å²) in [5.41, 5.74) is 2.45. The molecule has 2 aromatic rings. The maximum atomic E-state index is 8.89. The van der Waals surface area contributed by atoms with Crippen molar-refractivity contribution in [2.45, 2.75) is 18.9 Å². The third-order valence-electron chi connectivity index (χ3n) is 3.55. The van der Waals surface area contributed by atoms with Crippen LogP contribution in [0.2, 0.25) is 0 Å². The van der Waals surface area contributed by atoms with Gasteiger partial charge in [0.25, 0.3) is 0 Å². The number of nitrogens with zero attached hydrogens (tertiary/aromatic N) is 2. The van der Waals surface area contributed by atoms with Crippen LogP contribution in [-0.4, -0.2) is 24.1 Å². The fourth-order valence-electron chi connectivity index (χ4n) is 2.53. The Bertz CT molecular complexity index is 629. The van der Waals surface area contributed by atoms with Crippen LogP contribution in [0, 0.1) is 11.3 Å². The predicted molar refractivity (Wildman–Crippen MR) is 83.2 cm³/mol. The van der Waals surface area contributed by atoms with Crippen LogP contribution < -0.4 is 10.6 Å². The first-order valence-electron chi connectivity index (χ1n) is 6.64. The minimum Gasteiger partial charge on any atom is -0.382 e. The molecule has 20 heavy (non-hydrogen) atoms.